The SMILES string of the molecule is COCCN=C(C1=NCN(CCOC)C1=O)c1cc2ccccc2[nH]1. The Labute approximate surface area is 146 Å². The standard InChI is InChI=1S/C18H22N4O3/c1-24-9-7-19-16(15-11-13-5-3-4-6-14(13)21-15)17-18(23)22(12-20-17)8-10-25-2/h3-6,11,21H,7-10,12H2,1-2H3. The fourth-order valence-corrected chi connectivity index (χ4v) is 2.72. The smallest absolute Gasteiger partial charge is 0.275 e. The Balaban J connectivity index is 1.90. The Hall–Kier alpha value is -2.51. The minimum atomic E-state index is -0.119. The van der Waals surface area contributed by atoms with Gasteiger partial charge in [-0.05, 0) is 12.1 Å². The number of aromatic amines is 1. The van der Waals surface area contributed by atoms with Gasteiger partial charge in [-0.15, -0.1) is 0 Å². The van der Waals surface area contributed by atoms with E-state index in [2.05, 4.69) is 15.0 Å². The van der Waals surface area contributed by atoms with E-state index in [9.17, 15) is 4.79 Å². The molecule has 7 heteroatoms. The molecule has 7 nitrogen and oxygen atoms in total. The molecule has 1 amide bonds. The molecule has 1 aromatic heterocycles. The van der Waals surface area contributed by atoms with Gasteiger partial charge in [0.1, 0.15) is 12.4 Å². The summed E-state index contributed by atoms with van der Waals surface area (Å²) in [6, 6.07) is 9.95. The predicted molar refractivity (Wildman–Crippen MR) is 97.5 cm³/mol. The van der Waals surface area contributed by atoms with Crippen LogP contribution in [0.1, 0.15) is 5.69 Å². The highest BCUT2D eigenvalue weighted by atomic mass is 16.5. The van der Waals surface area contributed by atoms with E-state index in [1.807, 2.05) is 30.3 Å². The molecule has 0 saturated carbocycles. The molecular weight excluding hydrogens is 320 g/mol. The number of benzene rings is 1. The average molecular weight is 342 g/mol. The normalized spacial score (nSPS) is 15.3. The third kappa shape index (κ3) is 3.78. The van der Waals surface area contributed by atoms with E-state index >= 15 is 0 Å². The van der Waals surface area contributed by atoms with Gasteiger partial charge in [-0.1, -0.05) is 18.2 Å². The zero-order valence-corrected chi connectivity index (χ0v) is 14.5. The number of methoxy groups -OCH3 is 2. The van der Waals surface area contributed by atoms with Gasteiger partial charge in [0.05, 0.1) is 25.5 Å². The summed E-state index contributed by atoms with van der Waals surface area (Å²) < 4.78 is 10.1. The Morgan fingerprint density at radius 2 is 2.08 bits per heavy atom. The van der Waals surface area contributed by atoms with Crippen molar-refractivity contribution in [2.45, 2.75) is 0 Å². The molecule has 1 N–H and O–H groups in total. The van der Waals surface area contributed by atoms with Crippen LogP contribution in [0, 0.1) is 0 Å². The number of ether oxygens (including phenoxy) is 2. The predicted octanol–water partition coefficient (Wildman–Crippen LogP) is 1.49. The molecule has 25 heavy (non-hydrogen) atoms. The van der Waals surface area contributed by atoms with Crippen LogP contribution >= 0.6 is 0 Å². The minimum Gasteiger partial charge on any atom is -0.383 e. The third-order valence-electron chi connectivity index (χ3n) is 4.03. The summed E-state index contributed by atoms with van der Waals surface area (Å²) in [4.78, 5) is 26.7. The van der Waals surface area contributed by atoms with Crippen molar-refractivity contribution in [3.8, 4) is 0 Å². The van der Waals surface area contributed by atoms with Crippen LogP contribution < -0.4 is 0 Å². The largest absolute Gasteiger partial charge is 0.383 e. The summed E-state index contributed by atoms with van der Waals surface area (Å²) in [6.45, 7) is 2.28. The first-order valence-electron chi connectivity index (χ1n) is 8.19. The highest BCUT2D eigenvalue weighted by Crippen LogP contribution is 2.17. The topological polar surface area (TPSA) is 79.3 Å². The summed E-state index contributed by atoms with van der Waals surface area (Å²) in [6.07, 6.45) is 0. The van der Waals surface area contributed by atoms with Gasteiger partial charge in [-0.25, -0.2) is 0 Å². The summed E-state index contributed by atoms with van der Waals surface area (Å²) in [5.41, 5.74) is 2.76. The monoisotopic (exact) mass is 342 g/mol. The Morgan fingerprint density at radius 3 is 2.84 bits per heavy atom. The maximum atomic E-state index is 12.7. The number of carbonyl (C=O) groups excluding carboxylic acids is 1. The lowest BCUT2D eigenvalue weighted by Gasteiger charge is -2.14. The molecule has 0 fully saturated rings. The fourth-order valence-electron chi connectivity index (χ4n) is 2.72. The summed E-state index contributed by atoms with van der Waals surface area (Å²) in [5.74, 6) is -0.119. The number of aromatic nitrogens is 1. The number of H-pyrrole nitrogens is 1. The molecule has 0 aliphatic carbocycles. The number of nitrogens with one attached hydrogen (secondary N) is 1. The van der Waals surface area contributed by atoms with Crippen molar-refractivity contribution in [2.24, 2.45) is 9.98 Å². The Kier molecular flexibility index (Phi) is 5.57. The highest BCUT2D eigenvalue weighted by Gasteiger charge is 2.30. The van der Waals surface area contributed by atoms with Crippen molar-refractivity contribution >= 4 is 28.2 Å². The highest BCUT2D eigenvalue weighted by molar-refractivity contribution is 6.70. The molecule has 0 unspecified atom stereocenters. The molecule has 2 aromatic rings. The second kappa shape index (κ2) is 8.04. The van der Waals surface area contributed by atoms with Crippen molar-refractivity contribution < 1.29 is 14.3 Å². The molecule has 132 valence electrons. The zero-order valence-electron chi connectivity index (χ0n) is 14.5. The van der Waals surface area contributed by atoms with Gasteiger partial charge in [0.15, 0.2) is 5.71 Å². The van der Waals surface area contributed by atoms with Crippen LogP contribution in [-0.4, -0.2) is 74.4 Å². The molecule has 0 atom stereocenters. The molecular formula is C18H22N4O3. The number of fused-ring (bicyclic) bond motifs is 1. The van der Waals surface area contributed by atoms with Crippen LogP contribution in [0.15, 0.2) is 40.3 Å². The molecule has 1 aliphatic rings. The number of nitrogens with zero attached hydrogens (tertiary/aromatic N) is 3. The van der Waals surface area contributed by atoms with Crippen LogP contribution in [0.3, 0.4) is 0 Å². The van der Waals surface area contributed by atoms with E-state index in [1.165, 1.54) is 0 Å². The van der Waals surface area contributed by atoms with Gasteiger partial charge in [0.2, 0.25) is 0 Å². The Morgan fingerprint density at radius 1 is 1.28 bits per heavy atom. The van der Waals surface area contributed by atoms with Crippen LogP contribution in [0.2, 0.25) is 0 Å². The second-order valence-electron chi connectivity index (χ2n) is 5.70. The first-order chi connectivity index (χ1) is 12.2. The molecule has 0 saturated heterocycles. The second-order valence-corrected chi connectivity index (χ2v) is 5.70. The molecule has 0 bridgehead atoms. The molecule has 0 spiro atoms. The van der Waals surface area contributed by atoms with E-state index in [0.717, 1.165) is 16.6 Å². The van der Waals surface area contributed by atoms with E-state index in [4.69, 9.17) is 9.47 Å². The van der Waals surface area contributed by atoms with Crippen molar-refractivity contribution in [3.05, 3.63) is 36.0 Å². The molecule has 1 aliphatic heterocycles. The molecule has 3 rings (SSSR count). The lowest BCUT2D eigenvalue weighted by molar-refractivity contribution is -0.123. The number of carbonyl (C=O) groups is 1. The lowest BCUT2D eigenvalue weighted by atomic mass is 10.1. The van der Waals surface area contributed by atoms with Gasteiger partial charge < -0.3 is 19.4 Å². The quantitative estimate of drug-likeness (QED) is 0.583. The summed E-state index contributed by atoms with van der Waals surface area (Å²) >= 11 is 0. The van der Waals surface area contributed by atoms with E-state index in [-0.39, 0.29) is 5.91 Å². The van der Waals surface area contributed by atoms with Crippen LogP contribution in [0.25, 0.3) is 10.9 Å². The maximum absolute atomic E-state index is 12.7. The van der Waals surface area contributed by atoms with Crippen molar-refractivity contribution in [1.82, 2.24) is 9.88 Å². The van der Waals surface area contributed by atoms with Gasteiger partial charge in [0, 0.05) is 31.7 Å². The van der Waals surface area contributed by atoms with Gasteiger partial charge >= 0.3 is 0 Å². The van der Waals surface area contributed by atoms with Crippen LogP contribution in [-0.2, 0) is 14.3 Å². The van der Waals surface area contributed by atoms with Gasteiger partial charge in [-0.2, -0.15) is 0 Å². The number of hydrogen-bond donors (Lipinski definition) is 1. The average Bonchev–Trinajstić information content (AvgIpc) is 3.21. The van der Waals surface area contributed by atoms with Crippen LogP contribution in [0.5, 0.6) is 0 Å². The van der Waals surface area contributed by atoms with Crippen molar-refractivity contribution in [2.75, 3.05) is 47.2 Å². The summed E-state index contributed by atoms with van der Waals surface area (Å²) in [7, 11) is 3.24. The van der Waals surface area contributed by atoms with E-state index in [1.54, 1.807) is 19.1 Å². The number of hydrogen-bond acceptors (Lipinski definition) is 5. The van der Waals surface area contributed by atoms with E-state index < -0.39 is 0 Å². The minimum absolute atomic E-state index is 0.119. The first kappa shape index (κ1) is 17.3. The van der Waals surface area contributed by atoms with Gasteiger partial charge in [0.25, 0.3) is 5.91 Å². The van der Waals surface area contributed by atoms with Crippen molar-refractivity contribution in [1.29, 1.82) is 0 Å². The first-order valence-corrected chi connectivity index (χ1v) is 8.19. The zero-order chi connectivity index (χ0) is 17.6. The molecule has 2 heterocycles. The molecule has 0 radical (unpaired) electrons. The van der Waals surface area contributed by atoms with Crippen LogP contribution in [0.4, 0.5) is 0 Å². The molecule has 1 aromatic carbocycles. The Bertz CT molecular complexity index is 777. The lowest BCUT2D eigenvalue weighted by Crippen LogP contribution is -2.36. The number of aliphatic imine (C=N–C) groups is 2. The number of para-hydroxylation sites is 1. The van der Waals surface area contributed by atoms with Crippen molar-refractivity contribution in [3.63, 3.8) is 0 Å². The maximum Gasteiger partial charge on any atom is 0.275 e. The van der Waals surface area contributed by atoms with Gasteiger partial charge in [-0.3, -0.25) is 14.8 Å². The van der Waals surface area contributed by atoms with E-state index in [0.29, 0.717) is 44.4 Å². The third-order valence-corrected chi connectivity index (χ3v) is 4.03. The number of rotatable bonds is 8. The number of amides is 1. The summed E-state index contributed by atoms with van der Waals surface area (Å²) in [5, 5.41) is 1.07. The fraction of sp³-hybridized carbons (Fsp3) is 0.389.